The zero-order valence-electron chi connectivity index (χ0n) is 14.8. The third kappa shape index (κ3) is 2.86. The van der Waals surface area contributed by atoms with Crippen molar-refractivity contribution in [2.75, 3.05) is 5.43 Å². The molecule has 2 aromatic heterocycles. The number of aromatic nitrogens is 4. The topological polar surface area (TPSA) is 97.1 Å². The molecule has 8 heteroatoms. The fourth-order valence-electron chi connectivity index (χ4n) is 2.93. The summed E-state index contributed by atoms with van der Waals surface area (Å²) in [4.78, 5) is 31.2. The minimum Gasteiger partial charge on any atom is -0.317 e. The molecule has 0 aliphatic heterocycles. The maximum atomic E-state index is 12.1. The smallest absolute Gasteiger partial charge is 0.317 e. The molecule has 3 rings (SSSR count). The molecule has 0 unspecified atom stereocenters. The van der Waals surface area contributed by atoms with E-state index in [4.69, 9.17) is 0 Å². The summed E-state index contributed by atoms with van der Waals surface area (Å²) in [5, 5.41) is 4.20. The molecule has 1 aromatic carbocycles. The third-order valence-electron chi connectivity index (χ3n) is 4.20. The predicted octanol–water partition coefficient (Wildman–Crippen LogP) is 1.33. The Morgan fingerprint density at radius 3 is 2.40 bits per heavy atom. The van der Waals surface area contributed by atoms with Crippen molar-refractivity contribution < 1.29 is 0 Å². The summed E-state index contributed by atoms with van der Waals surface area (Å²) in [7, 11) is 3.00. The van der Waals surface area contributed by atoms with Gasteiger partial charge in [0.25, 0.3) is 5.56 Å². The number of anilines is 1. The van der Waals surface area contributed by atoms with Gasteiger partial charge in [0.2, 0.25) is 5.95 Å². The van der Waals surface area contributed by atoms with Crippen LogP contribution < -0.4 is 16.7 Å². The van der Waals surface area contributed by atoms with E-state index in [1.54, 1.807) is 13.3 Å². The van der Waals surface area contributed by atoms with E-state index in [-0.39, 0.29) is 11.2 Å². The van der Waals surface area contributed by atoms with Crippen molar-refractivity contribution in [3.8, 4) is 0 Å². The normalized spacial score (nSPS) is 11.6. The molecule has 25 heavy (non-hydrogen) atoms. The highest BCUT2D eigenvalue weighted by atomic mass is 16.2. The van der Waals surface area contributed by atoms with Gasteiger partial charge in [0.1, 0.15) is 0 Å². The summed E-state index contributed by atoms with van der Waals surface area (Å²) in [5.74, 6) is 0.298. The number of fused-ring (bicyclic) bond motifs is 1. The Balaban J connectivity index is 1.95. The minimum absolute atomic E-state index is 0.255. The largest absolute Gasteiger partial charge is 0.332 e. The molecule has 0 bridgehead atoms. The summed E-state index contributed by atoms with van der Waals surface area (Å²) in [6.45, 7) is 6.11. The first-order chi connectivity index (χ1) is 11.8. The van der Waals surface area contributed by atoms with Crippen LogP contribution in [0.3, 0.4) is 0 Å². The monoisotopic (exact) mass is 340 g/mol. The number of rotatable bonds is 3. The number of H-pyrrole nitrogens is 1. The van der Waals surface area contributed by atoms with Crippen molar-refractivity contribution in [1.29, 1.82) is 0 Å². The first-order valence-corrected chi connectivity index (χ1v) is 7.82. The molecule has 0 saturated heterocycles. The van der Waals surface area contributed by atoms with Gasteiger partial charge >= 0.3 is 5.69 Å². The van der Waals surface area contributed by atoms with Crippen LogP contribution in [0.25, 0.3) is 11.2 Å². The number of benzene rings is 1. The Morgan fingerprint density at radius 1 is 1.12 bits per heavy atom. The molecule has 2 heterocycles. The van der Waals surface area contributed by atoms with Gasteiger partial charge in [-0.15, -0.1) is 0 Å². The van der Waals surface area contributed by atoms with E-state index in [1.807, 2.05) is 13.8 Å². The van der Waals surface area contributed by atoms with Crippen LogP contribution in [-0.2, 0) is 14.1 Å². The van der Waals surface area contributed by atoms with Gasteiger partial charge < -0.3 is 4.98 Å². The van der Waals surface area contributed by atoms with Crippen molar-refractivity contribution in [2.24, 2.45) is 19.2 Å². The van der Waals surface area contributed by atoms with Crippen molar-refractivity contribution in [1.82, 2.24) is 19.1 Å². The van der Waals surface area contributed by atoms with Crippen LogP contribution in [0.4, 0.5) is 5.95 Å². The molecule has 0 aliphatic rings. The highest BCUT2D eigenvalue weighted by molar-refractivity contribution is 5.84. The zero-order valence-corrected chi connectivity index (χ0v) is 14.8. The number of nitrogens with one attached hydrogen (secondary N) is 2. The van der Waals surface area contributed by atoms with Crippen molar-refractivity contribution in [3.05, 3.63) is 55.2 Å². The van der Waals surface area contributed by atoms with Gasteiger partial charge in [-0.2, -0.15) is 10.1 Å². The summed E-state index contributed by atoms with van der Waals surface area (Å²) in [6, 6.07) is 4.18. The van der Waals surface area contributed by atoms with Crippen molar-refractivity contribution in [2.45, 2.75) is 20.8 Å². The molecular weight excluding hydrogens is 320 g/mol. The van der Waals surface area contributed by atoms with Crippen LogP contribution in [0.2, 0.25) is 0 Å². The predicted molar refractivity (Wildman–Crippen MR) is 98.4 cm³/mol. The second kappa shape index (κ2) is 6.04. The zero-order chi connectivity index (χ0) is 18.3. The van der Waals surface area contributed by atoms with Crippen molar-refractivity contribution in [3.63, 3.8) is 0 Å². The lowest BCUT2D eigenvalue weighted by Gasteiger charge is -2.06. The molecule has 3 aromatic rings. The van der Waals surface area contributed by atoms with Gasteiger partial charge in [0, 0.05) is 19.7 Å². The number of hydrogen-bond acceptors (Lipinski definition) is 5. The average molecular weight is 340 g/mol. The maximum absolute atomic E-state index is 12.1. The Labute approximate surface area is 143 Å². The van der Waals surface area contributed by atoms with Crippen LogP contribution in [0, 0.1) is 20.8 Å². The highest BCUT2D eigenvalue weighted by Crippen LogP contribution is 2.14. The quantitative estimate of drug-likeness (QED) is 0.555. The molecular formula is C17H20N6O2. The summed E-state index contributed by atoms with van der Waals surface area (Å²) in [5.41, 5.74) is 6.96. The van der Waals surface area contributed by atoms with Gasteiger partial charge in [-0.25, -0.2) is 10.2 Å². The molecule has 0 atom stereocenters. The van der Waals surface area contributed by atoms with Crippen LogP contribution in [0.1, 0.15) is 22.3 Å². The van der Waals surface area contributed by atoms with E-state index in [0.29, 0.717) is 5.95 Å². The minimum atomic E-state index is -0.426. The molecule has 0 spiro atoms. The lowest BCUT2D eigenvalue weighted by molar-refractivity contribution is 0.709. The summed E-state index contributed by atoms with van der Waals surface area (Å²) in [6.07, 6.45) is 1.72. The number of hydrazone groups is 1. The molecule has 2 N–H and O–H groups in total. The lowest BCUT2D eigenvalue weighted by atomic mass is 10.0. The Morgan fingerprint density at radius 2 is 1.76 bits per heavy atom. The van der Waals surface area contributed by atoms with Crippen LogP contribution >= 0.6 is 0 Å². The number of nitrogens with zero attached hydrogens (tertiary/aromatic N) is 4. The highest BCUT2D eigenvalue weighted by Gasteiger charge is 2.13. The first kappa shape index (κ1) is 16.7. The average Bonchev–Trinajstić information content (AvgIpc) is 2.97. The maximum Gasteiger partial charge on any atom is 0.332 e. The number of hydrogen-bond donors (Lipinski definition) is 2. The van der Waals surface area contributed by atoms with E-state index in [2.05, 4.69) is 39.6 Å². The molecule has 0 fully saturated rings. The van der Waals surface area contributed by atoms with Crippen LogP contribution in [0.15, 0.2) is 26.8 Å². The summed E-state index contributed by atoms with van der Waals surface area (Å²) >= 11 is 0. The van der Waals surface area contributed by atoms with Crippen LogP contribution in [0.5, 0.6) is 0 Å². The Kier molecular flexibility index (Phi) is 4.03. The molecule has 0 amide bonds. The third-order valence-corrected chi connectivity index (χ3v) is 4.20. The van der Waals surface area contributed by atoms with E-state index in [1.165, 1.54) is 17.2 Å². The lowest BCUT2D eigenvalue weighted by Crippen LogP contribution is -2.36. The van der Waals surface area contributed by atoms with E-state index in [9.17, 15) is 9.59 Å². The van der Waals surface area contributed by atoms with Gasteiger partial charge in [0.05, 0.1) is 6.21 Å². The van der Waals surface area contributed by atoms with Gasteiger partial charge in [0.15, 0.2) is 11.2 Å². The Hall–Kier alpha value is -3.16. The molecule has 130 valence electrons. The molecule has 0 aliphatic carbocycles. The van der Waals surface area contributed by atoms with Gasteiger partial charge in [-0.1, -0.05) is 17.7 Å². The van der Waals surface area contributed by atoms with Gasteiger partial charge in [-0.05, 0) is 31.9 Å². The second-order valence-corrected chi connectivity index (χ2v) is 6.17. The molecule has 0 radical (unpaired) electrons. The first-order valence-electron chi connectivity index (χ1n) is 7.82. The van der Waals surface area contributed by atoms with E-state index >= 15 is 0 Å². The van der Waals surface area contributed by atoms with E-state index < -0.39 is 11.2 Å². The second-order valence-electron chi connectivity index (χ2n) is 6.17. The number of aryl methyl sites for hydroxylation is 4. The summed E-state index contributed by atoms with van der Waals surface area (Å²) < 4.78 is 2.35. The standard InChI is InChI=1S/C17H20N6O2/c1-9-6-10(2)12(11(3)7-9)8-18-21-16-19-13-14(20-16)22(4)17(25)23(5)15(13)24/h6-8H,1-5H3,(H2,19,20,21)/b18-8+. The molecule has 0 saturated carbocycles. The van der Waals surface area contributed by atoms with Crippen molar-refractivity contribution >= 4 is 23.3 Å². The molecule has 8 nitrogen and oxygen atoms in total. The Bertz CT molecular complexity index is 1090. The SMILES string of the molecule is Cc1cc(C)c(/C=N/Nc2nc3c([nH]2)c(=O)n(C)c(=O)n3C)c(C)c1. The van der Waals surface area contributed by atoms with Gasteiger partial charge in [-0.3, -0.25) is 13.9 Å². The van der Waals surface area contributed by atoms with Crippen LogP contribution in [-0.4, -0.2) is 25.3 Å². The number of aromatic amines is 1. The van der Waals surface area contributed by atoms with E-state index in [0.717, 1.165) is 21.3 Å². The fraction of sp³-hybridized carbons (Fsp3) is 0.294. The number of imidazole rings is 1. The fourth-order valence-corrected chi connectivity index (χ4v) is 2.93.